The van der Waals surface area contributed by atoms with Crippen LogP contribution in [0.3, 0.4) is 0 Å². The molecule has 0 N–H and O–H groups in total. The summed E-state index contributed by atoms with van der Waals surface area (Å²) in [6.07, 6.45) is 0. The van der Waals surface area contributed by atoms with Gasteiger partial charge < -0.3 is 0 Å². The molecule has 0 bridgehead atoms. The minimum absolute atomic E-state index is 1.23. The van der Waals surface area contributed by atoms with Crippen molar-refractivity contribution in [2.45, 2.75) is 0 Å². The Balaban J connectivity index is 1.10. The quantitative estimate of drug-likeness (QED) is 0.174. The molecule has 9 aromatic carbocycles. The Morgan fingerprint density at radius 3 is 1.49 bits per heavy atom. The second kappa shape index (κ2) is 10.4. The van der Waals surface area contributed by atoms with Crippen molar-refractivity contribution in [1.29, 1.82) is 0 Å². The van der Waals surface area contributed by atoms with Crippen molar-refractivity contribution in [1.82, 2.24) is 0 Å². The molecule has 0 spiro atoms. The zero-order valence-corrected chi connectivity index (χ0v) is 26.4. The predicted molar refractivity (Wildman–Crippen MR) is 206 cm³/mol. The van der Waals surface area contributed by atoms with Crippen LogP contribution in [0.2, 0.25) is 0 Å². The molecule has 0 amide bonds. The molecular weight excluding hydrogens is 585 g/mol. The van der Waals surface area contributed by atoms with E-state index in [0.717, 1.165) is 0 Å². The molecule has 0 fully saturated rings. The summed E-state index contributed by atoms with van der Waals surface area (Å²) < 4.78 is 2.72. The second-order valence-corrected chi connectivity index (χ2v) is 13.5. The molecule has 10 rings (SSSR count). The Hall–Kier alpha value is -5.76. The monoisotopic (exact) mass is 612 g/mol. The van der Waals surface area contributed by atoms with Crippen LogP contribution in [0.1, 0.15) is 0 Å². The van der Waals surface area contributed by atoms with E-state index in [1.54, 1.807) is 0 Å². The van der Waals surface area contributed by atoms with Crippen molar-refractivity contribution < 1.29 is 0 Å². The number of hydrogen-bond donors (Lipinski definition) is 0. The third-order valence-electron chi connectivity index (χ3n) is 9.82. The van der Waals surface area contributed by atoms with Crippen LogP contribution >= 0.6 is 11.3 Å². The molecule has 0 aliphatic rings. The first kappa shape index (κ1) is 26.5. The number of benzene rings is 9. The summed E-state index contributed by atoms with van der Waals surface area (Å²) in [7, 11) is 0. The topological polar surface area (TPSA) is 0 Å². The molecule has 0 saturated carbocycles. The Bertz CT molecular complexity index is 2760. The first-order chi connectivity index (χ1) is 23.3. The maximum atomic E-state index is 2.38. The molecule has 1 heterocycles. The van der Waals surface area contributed by atoms with E-state index in [-0.39, 0.29) is 0 Å². The van der Waals surface area contributed by atoms with E-state index in [4.69, 9.17) is 0 Å². The van der Waals surface area contributed by atoms with E-state index >= 15 is 0 Å². The molecule has 0 radical (unpaired) electrons. The standard InChI is InChI=1S/C46H28S/c1-2-11-31(12-3-1)44-37-14-6-8-16-39(37)45(40-17-9-7-15-38(40)44)32-20-18-29(19-21-32)33-22-23-34-27-42-41-25-24-30-10-4-5-13-36(30)46(41)47-43(42)28-35(34)26-33/h1-28H. The van der Waals surface area contributed by atoms with Gasteiger partial charge in [-0.2, -0.15) is 0 Å². The van der Waals surface area contributed by atoms with Gasteiger partial charge in [0.05, 0.1) is 0 Å². The zero-order valence-electron chi connectivity index (χ0n) is 25.6. The number of rotatable bonds is 3. The summed E-state index contributed by atoms with van der Waals surface area (Å²) in [4.78, 5) is 0. The highest BCUT2D eigenvalue weighted by atomic mass is 32.1. The molecule has 0 atom stereocenters. The molecule has 218 valence electrons. The molecular formula is C46H28S. The fourth-order valence-corrected chi connectivity index (χ4v) is 8.88. The predicted octanol–water partition coefficient (Wildman–Crippen LogP) is 13.7. The van der Waals surface area contributed by atoms with E-state index in [2.05, 4.69) is 170 Å². The molecule has 47 heavy (non-hydrogen) atoms. The average Bonchev–Trinajstić information content (AvgIpc) is 3.51. The molecule has 0 unspecified atom stereocenters. The highest BCUT2D eigenvalue weighted by molar-refractivity contribution is 7.26. The Morgan fingerprint density at radius 2 is 0.809 bits per heavy atom. The van der Waals surface area contributed by atoms with Crippen molar-refractivity contribution in [3.05, 3.63) is 170 Å². The van der Waals surface area contributed by atoms with Crippen molar-refractivity contribution in [2.24, 2.45) is 0 Å². The molecule has 0 aliphatic carbocycles. The normalized spacial score (nSPS) is 11.8. The lowest BCUT2D eigenvalue weighted by Crippen LogP contribution is -1.90. The van der Waals surface area contributed by atoms with Gasteiger partial charge in [-0.15, -0.1) is 11.3 Å². The smallest absolute Gasteiger partial charge is 0.0433 e. The molecule has 10 aromatic rings. The summed E-state index contributed by atoms with van der Waals surface area (Å²) in [6, 6.07) is 62.6. The van der Waals surface area contributed by atoms with Crippen LogP contribution in [-0.4, -0.2) is 0 Å². The van der Waals surface area contributed by atoms with E-state index < -0.39 is 0 Å². The average molecular weight is 613 g/mol. The van der Waals surface area contributed by atoms with Gasteiger partial charge in [0.15, 0.2) is 0 Å². The highest BCUT2D eigenvalue weighted by Crippen LogP contribution is 2.44. The van der Waals surface area contributed by atoms with E-state index in [0.29, 0.717) is 0 Å². The summed E-state index contributed by atoms with van der Waals surface area (Å²) in [6.45, 7) is 0. The van der Waals surface area contributed by atoms with Crippen molar-refractivity contribution in [3.63, 3.8) is 0 Å². The fourth-order valence-electron chi connectivity index (χ4n) is 7.61. The fraction of sp³-hybridized carbons (Fsp3) is 0. The van der Waals surface area contributed by atoms with Crippen molar-refractivity contribution in [3.8, 4) is 33.4 Å². The SMILES string of the molecule is c1ccc(-c2c3ccccc3c(-c3ccc(-c4ccc5cc6c(cc5c4)sc4c5ccccc5ccc64)cc3)c3ccccc23)cc1. The minimum Gasteiger partial charge on any atom is -0.135 e. The Kier molecular flexibility index (Phi) is 5.85. The van der Waals surface area contributed by atoms with E-state index in [9.17, 15) is 0 Å². The van der Waals surface area contributed by atoms with Crippen LogP contribution in [0.15, 0.2) is 170 Å². The zero-order chi connectivity index (χ0) is 30.9. The molecule has 1 heteroatoms. The van der Waals surface area contributed by atoms with Gasteiger partial charge in [-0.1, -0.05) is 152 Å². The summed E-state index contributed by atoms with van der Waals surface area (Å²) in [5.74, 6) is 0. The lowest BCUT2D eigenvalue weighted by molar-refractivity contribution is 1.63. The van der Waals surface area contributed by atoms with Crippen molar-refractivity contribution >= 4 is 74.6 Å². The number of hydrogen-bond acceptors (Lipinski definition) is 1. The minimum atomic E-state index is 1.23. The van der Waals surface area contributed by atoms with E-state index in [1.165, 1.54) is 96.6 Å². The van der Waals surface area contributed by atoms with Crippen LogP contribution in [0.5, 0.6) is 0 Å². The van der Waals surface area contributed by atoms with Gasteiger partial charge in [-0.3, -0.25) is 0 Å². The molecule has 1 aromatic heterocycles. The molecule has 0 aliphatic heterocycles. The largest absolute Gasteiger partial charge is 0.135 e. The van der Waals surface area contributed by atoms with Gasteiger partial charge in [0.25, 0.3) is 0 Å². The van der Waals surface area contributed by atoms with Gasteiger partial charge in [0.1, 0.15) is 0 Å². The lowest BCUT2D eigenvalue weighted by Gasteiger charge is -2.18. The summed E-state index contributed by atoms with van der Waals surface area (Å²) in [5.41, 5.74) is 7.55. The van der Waals surface area contributed by atoms with Gasteiger partial charge in [-0.05, 0) is 94.7 Å². The van der Waals surface area contributed by atoms with Gasteiger partial charge in [-0.25, -0.2) is 0 Å². The molecule has 0 nitrogen and oxygen atoms in total. The third kappa shape index (κ3) is 4.14. The Morgan fingerprint density at radius 1 is 0.277 bits per heavy atom. The second-order valence-electron chi connectivity index (χ2n) is 12.5. The number of fused-ring (bicyclic) bond motifs is 8. The summed E-state index contributed by atoms with van der Waals surface area (Å²) >= 11 is 1.91. The number of thiophene rings is 1. The van der Waals surface area contributed by atoms with Crippen LogP contribution < -0.4 is 0 Å². The maximum absolute atomic E-state index is 2.38. The first-order valence-electron chi connectivity index (χ1n) is 16.2. The van der Waals surface area contributed by atoms with Crippen LogP contribution in [0.25, 0.3) is 96.6 Å². The lowest BCUT2D eigenvalue weighted by atomic mass is 9.85. The van der Waals surface area contributed by atoms with Gasteiger partial charge >= 0.3 is 0 Å². The first-order valence-corrected chi connectivity index (χ1v) is 17.0. The highest BCUT2D eigenvalue weighted by Gasteiger charge is 2.16. The van der Waals surface area contributed by atoms with Crippen LogP contribution in [-0.2, 0) is 0 Å². The Labute approximate surface area is 276 Å². The van der Waals surface area contributed by atoms with Gasteiger partial charge in [0, 0.05) is 20.2 Å². The van der Waals surface area contributed by atoms with Crippen LogP contribution in [0.4, 0.5) is 0 Å². The van der Waals surface area contributed by atoms with Crippen LogP contribution in [0, 0.1) is 0 Å². The van der Waals surface area contributed by atoms with Crippen molar-refractivity contribution in [2.75, 3.05) is 0 Å². The molecule has 0 saturated heterocycles. The summed E-state index contributed by atoms with van der Waals surface area (Å²) in [5, 5.41) is 13.0. The van der Waals surface area contributed by atoms with E-state index in [1.807, 2.05) is 11.3 Å². The van der Waals surface area contributed by atoms with Gasteiger partial charge in [0.2, 0.25) is 0 Å². The maximum Gasteiger partial charge on any atom is 0.0433 e. The third-order valence-corrected chi connectivity index (χ3v) is 11.0.